The van der Waals surface area contributed by atoms with Crippen molar-refractivity contribution < 1.29 is 4.39 Å². The molecular weight excluding hydrogens is 348 g/mol. The normalized spacial score (nSPS) is 11.1. The van der Waals surface area contributed by atoms with Crippen LogP contribution in [0.5, 0.6) is 0 Å². The Morgan fingerprint density at radius 3 is 2.77 bits per heavy atom. The van der Waals surface area contributed by atoms with Gasteiger partial charge in [0.1, 0.15) is 5.82 Å². The predicted octanol–water partition coefficient (Wildman–Crippen LogP) is 3.98. The third kappa shape index (κ3) is 1.40. The third-order valence-corrected chi connectivity index (χ3v) is 3.97. The zero-order valence-electron chi connectivity index (χ0n) is 6.79. The fourth-order valence-electron chi connectivity index (χ4n) is 1.32. The molecule has 0 atom stereocenters. The first-order valence-corrected chi connectivity index (χ1v) is 5.60. The molecule has 4 heteroatoms. The number of nitrogens with one attached hydrogen (secondary N) is 1. The highest BCUT2D eigenvalue weighted by atomic mass is 127. The van der Waals surface area contributed by atoms with E-state index in [1.54, 1.807) is 6.07 Å². The molecule has 1 nitrogen and oxygen atoms in total. The minimum atomic E-state index is -0.204. The zero-order valence-corrected chi connectivity index (χ0v) is 10.5. The zero-order chi connectivity index (χ0) is 9.59. The van der Waals surface area contributed by atoms with Crippen LogP contribution in [0.1, 0.15) is 5.69 Å². The molecule has 0 aliphatic heterocycles. The molecule has 1 aromatic carbocycles. The molecule has 1 heterocycles. The molecule has 0 aliphatic carbocycles. The van der Waals surface area contributed by atoms with Crippen LogP contribution in [0.4, 0.5) is 4.39 Å². The van der Waals surface area contributed by atoms with E-state index in [1.165, 1.54) is 6.07 Å². The van der Waals surface area contributed by atoms with Crippen molar-refractivity contribution in [2.24, 2.45) is 0 Å². The molecule has 0 fully saturated rings. The molecule has 0 saturated heterocycles. The number of aromatic nitrogens is 1. The van der Waals surface area contributed by atoms with Gasteiger partial charge in [-0.1, -0.05) is 15.9 Å². The van der Waals surface area contributed by atoms with E-state index in [9.17, 15) is 4.39 Å². The van der Waals surface area contributed by atoms with E-state index >= 15 is 0 Å². The SMILES string of the molecule is Cc1[nH]c2c(F)ccc(Br)c2c1I. The molecule has 1 aromatic heterocycles. The minimum absolute atomic E-state index is 0.204. The van der Waals surface area contributed by atoms with Gasteiger partial charge in [-0.15, -0.1) is 0 Å². The molecule has 0 spiro atoms. The Labute approximate surface area is 97.0 Å². The summed E-state index contributed by atoms with van der Waals surface area (Å²) < 4.78 is 15.3. The fraction of sp³-hybridized carbons (Fsp3) is 0.111. The Morgan fingerprint density at radius 2 is 2.15 bits per heavy atom. The van der Waals surface area contributed by atoms with E-state index in [4.69, 9.17) is 0 Å². The Kier molecular flexibility index (Phi) is 2.35. The lowest BCUT2D eigenvalue weighted by Gasteiger charge is -1.95. The van der Waals surface area contributed by atoms with Gasteiger partial charge < -0.3 is 4.98 Å². The second kappa shape index (κ2) is 3.24. The number of hydrogen-bond acceptors (Lipinski definition) is 0. The van der Waals surface area contributed by atoms with Crippen LogP contribution < -0.4 is 0 Å². The third-order valence-electron chi connectivity index (χ3n) is 1.96. The first-order valence-electron chi connectivity index (χ1n) is 3.73. The lowest BCUT2D eigenvalue weighted by molar-refractivity contribution is 0.637. The van der Waals surface area contributed by atoms with Crippen LogP contribution >= 0.6 is 38.5 Å². The van der Waals surface area contributed by atoms with Crippen molar-refractivity contribution in [3.63, 3.8) is 0 Å². The smallest absolute Gasteiger partial charge is 0.147 e. The standard InChI is InChI=1S/C9H6BrFIN/c1-4-8(12)7-5(10)2-3-6(11)9(7)13-4/h2-3,13H,1H3. The maximum absolute atomic E-state index is 13.3. The van der Waals surface area contributed by atoms with Crippen LogP contribution in [0.15, 0.2) is 16.6 Å². The van der Waals surface area contributed by atoms with Crippen molar-refractivity contribution in [2.75, 3.05) is 0 Å². The van der Waals surface area contributed by atoms with Gasteiger partial charge in [-0.25, -0.2) is 4.39 Å². The lowest BCUT2D eigenvalue weighted by atomic mass is 10.2. The summed E-state index contributed by atoms with van der Waals surface area (Å²) in [6, 6.07) is 3.19. The second-order valence-corrected chi connectivity index (χ2v) is 4.78. The second-order valence-electron chi connectivity index (χ2n) is 2.84. The topological polar surface area (TPSA) is 15.8 Å². The van der Waals surface area contributed by atoms with Gasteiger partial charge >= 0.3 is 0 Å². The molecular formula is C9H6BrFIN. The van der Waals surface area contributed by atoms with Crippen molar-refractivity contribution in [3.05, 3.63) is 31.7 Å². The molecule has 13 heavy (non-hydrogen) atoms. The molecule has 68 valence electrons. The summed E-state index contributed by atoms with van der Waals surface area (Å²) in [4.78, 5) is 3.02. The summed E-state index contributed by atoms with van der Waals surface area (Å²) in [6.07, 6.45) is 0. The molecule has 2 rings (SSSR count). The Bertz CT molecular complexity index is 478. The number of benzene rings is 1. The average molecular weight is 354 g/mol. The van der Waals surface area contributed by atoms with Crippen molar-refractivity contribution in [1.29, 1.82) is 0 Å². The number of aromatic amines is 1. The van der Waals surface area contributed by atoms with Gasteiger partial charge in [-0.05, 0) is 41.6 Å². The first kappa shape index (κ1) is 9.45. The number of fused-ring (bicyclic) bond motifs is 1. The minimum Gasteiger partial charge on any atom is -0.355 e. The Balaban J connectivity index is 3.00. The van der Waals surface area contributed by atoms with Crippen molar-refractivity contribution in [3.8, 4) is 0 Å². The molecule has 0 bridgehead atoms. The molecule has 0 aliphatic rings. The van der Waals surface area contributed by atoms with Gasteiger partial charge in [0.15, 0.2) is 0 Å². The van der Waals surface area contributed by atoms with Crippen LogP contribution in [-0.2, 0) is 0 Å². The molecule has 2 aromatic rings. The summed E-state index contributed by atoms with van der Waals surface area (Å²) in [5.41, 5.74) is 1.58. The number of rotatable bonds is 0. The molecule has 0 radical (unpaired) electrons. The van der Waals surface area contributed by atoms with Gasteiger partial charge in [-0.3, -0.25) is 0 Å². The summed E-state index contributed by atoms with van der Waals surface area (Å²) in [5.74, 6) is -0.204. The molecule has 1 N–H and O–H groups in total. The van der Waals surface area contributed by atoms with Crippen LogP contribution in [0.2, 0.25) is 0 Å². The number of H-pyrrole nitrogens is 1. The van der Waals surface area contributed by atoms with Crippen LogP contribution in [0, 0.1) is 16.3 Å². The number of hydrogen-bond donors (Lipinski definition) is 1. The van der Waals surface area contributed by atoms with Gasteiger partial charge in [0.05, 0.1) is 5.52 Å². The van der Waals surface area contributed by atoms with E-state index in [0.29, 0.717) is 5.52 Å². The predicted molar refractivity (Wildman–Crippen MR) is 63.4 cm³/mol. The summed E-state index contributed by atoms with van der Waals surface area (Å²) in [5, 5.41) is 0.929. The monoisotopic (exact) mass is 353 g/mol. The summed E-state index contributed by atoms with van der Waals surface area (Å²) >= 11 is 5.62. The summed E-state index contributed by atoms with van der Waals surface area (Å²) in [6.45, 7) is 1.94. The van der Waals surface area contributed by atoms with Crippen LogP contribution in [0.3, 0.4) is 0 Å². The molecule has 0 unspecified atom stereocenters. The number of halogens is 3. The van der Waals surface area contributed by atoms with Gasteiger partial charge in [0, 0.05) is 19.1 Å². The van der Waals surface area contributed by atoms with Gasteiger partial charge in [0.25, 0.3) is 0 Å². The Hall–Kier alpha value is -0.100. The average Bonchev–Trinajstić information content (AvgIpc) is 2.38. The Morgan fingerprint density at radius 1 is 1.46 bits per heavy atom. The van der Waals surface area contributed by atoms with Crippen LogP contribution in [-0.4, -0.2) is 4.98 Å². The highest BCUT2D eigenvalue weighted by Gasteiger charge is 2.11. The quantitative estimate of drug-likeness (QED) is 0.689. The largest absolute Gasteiger partial charge is 0.355 e. The highest BCUT2D eigenvalue weighted by Crippen LogP contribution is 2.31. The van der Waals surface area contributed by atoms with Crippen molar-refractivity contribution >= 4 is 49.4 Å². The maximum Gasteiger partial charge on any atom is 0.147 e. The van der Waals surface area contributed by atoms with Crippen molar-refractivity contribution in [2.45, 2.75) is 6.92 Å². The highest BCUT2D eigenvalue weighted by molar-refractivity contribution is 14.1. The van der Waals surface area contributed by atoms with E-state index in [-0.39, 0.29) is 5.82 Å². The van der Waals surface area contributed by atoms with E-state index in [0.717, 1.165) is 19.1 Å². The maximum atomic E-state index is 13.3. The number of aryl methyl sites for hydroxylation is 1. The molecule has 0 amide bonds. The fourth-order valence-corrected chi connectivity index (χ4v) is 2.91. The van der Waals surface area contributed by atoms with Crippen molar-refractivity contribution in [1.82, 2.24) is 4.98 Å². The van der Waals surface area contributed by atoms with E-state index < -0.39 is 0 Å². The van der Waals surface area contributed by atoms with Crippen LogP contribution in [0.25, 0.3) is 10.9 Å². The van der Waals surface area contributed by atoms with Gasteiger partial charge in [0.2, 0.25) is 0 Å². The molecule has 0 saturated carbocycles. The van der Waals surface area contributed by atoms with E-state index in [1.807, 2.05) is 6.92 Å². The van der Waals surface area contributed by atoms with Gasteiger partial charge in [-0.2, -0.15) is 0 Å². The lowest BCUT2D eigenvalue weighted by Crippen LogP contribution is -1.78. The first-order chi connectivity index (χ1) is 6.11. The summed E-state index contributed by atoms with van der Waals surface area (Å²) in [7, 11) is 0. The van der Waals surface area contributed by atoms with E-state index in [2.05, 4.69) is 43.5 Å².